The lowest BCUT2D eigenvalue weighted by Crippen LogP contribution is -2.65. The molecule has 5 atom stereocenters. The lowest BCUT2D eigenvalue weighted by atomic mass is 9.96. The van der Waals surface area contributed by atoms with Crippen molar-refractivity contribution in [1.29, 1.82) is 0 Å². The molecule has 1 aliphatic rings. The van der Waals surface area contributed by atoms with Crippen molar-refractivity contribution in [3.8, 4) is 0 Å². The number of hydrogen-bond donors (Lipinski definition) is 3. The minimum atomic E-state index is -1.13. The zero-order chi connectivity index (χ0) is 20.6. The predicted octanol–water partition coefficient (Wildman–Crippen LogP) is 1.37. The zero-order valence-electron chi connectivity index (χ0n) is 16.3. The van der Waals surface area contributed by atoms with Gasteiger partial charge in [-0.25, -0.2) is 0 Å². The Kier molecular flexibility index (Phi) is 7.74. The summed E-state index contributed by atoms with van der Waals surface area (Å²) >= 11 is 0. The number of amides is 1. The van der Waals surface area contributed by atoms with Gasteiger partial charge in [0.1, 0.15) is 24.4 Å². The fourth-order valence-electron chi connectivity index (χ4n) is 3.32. The minimum Gasteiger partial charge on any atom is -0.394 e. The third-order valence-corrected chi connectivity index (χ3v) is 4.77. The summed E-state index contributed by atoms with van der Waals surface area (Å²) in [6.07, 6.45) is -3.72. The summed E-state index contributed by atoms with van der Waals surface area (Å²) in [5.41, 5.74) is 1.86. The highest BCUT2D eigenvalue weighted by molar-refractivity contribution is 5.73. The minimum absolute atomic E-state index is 0.238. The first-order valence-electron chi connectivity index (χ1n) is 9.61. The molecule has 1 saturated heterocycles. The maximum absolute atomic E-state index is 11.8. The van der Waals surface area contributed by atoms with E-state index in [9.17, 15) is 15.0 Å². The Hall–Kier alpha value is -2.29. The number of ether oxygens (including phenoxy) is 3. The number of benzene rings is 2. The third-order valence-electron chi connectivity index (χ3n) is 4.77. The first kappa shape index (κ1) is 21.4. The van der Waals surface area contributed by atoms with Crippen LogP contribution in [0.15, 0.2) is 60.7 Å². The second-order valence-corrected chi connectivity index (χ2v) is 7.00. The summed E-state index contributed by atoms with van der Waals surface area (Å²) < 4.78 is 17.6. The van der Waals surface area contributed by atoms with Crippen LogP contribution >= 0.6 is 0 Å². The van der Waals surface area contributed by atoms with E-state index >= 15 is 0 Å². The van der Waals surface area contributed by atoms with E-state index in [1.807, 2.05) is 60.7 Å². The summed E-state index contributed by atoms with van der Waals surface area (Å²) in [5, 5.41) is 23.1. The van der Waals surface area contributed by atoms with E-state index in [1.165, 1.54) is 6.92 Å². The molecule has 156 valence electrons. The van der Waals surface area contributed by atoms with Crippen molar-refractivity contribution in [2.24, 2.45) is 0 Å². The van der Waals surface area contributed by atoms with Crippen LogP contribution in [-0.2, 0) is 32.2 Å². The Labute approximate surface area is 170 Å². The highest BCUT2D eigenvalue weighted by atomic mass is 16.7. The summed E-state index contributed by atoms with van der Waals surface area (Å²) in [6.45, 7) is 1.47. The summed E-state index contributed by atoms with van der Waals surface area (Å²) in [7, 11) is 0. The maximum Gasteiger partial charge on any atom is 0.217 e. The Morgan fingerprint density at radius 1 is 1.00 bits per heavy atom. The van der Waals surface area contributed by atoms with Crippen LogP contribution in [0.5, 0.6) is 0 Å². The van der Waals surface area contributed by atoms with E-state index in [4.69, 9.17) is 14.2 Å². The molecule has 1 aliphatic heterocycles. The predicted molar refractivity (Wildman–Crippen MR) is 106 cm³/mol. The van der Waals surface area contributed by atoms with Gasteiger partial charge in [0.15, 0.2) is 6.29 Å². The zero-order valence-corrected chi connectivity index (χ0v) is 16.3. The van der Waals surface area contributed by atoms with E-state index in [0.717, 1.165) is 11.1 Å². The fraction of sp³-hybridized carbons (Fsp3) is 0.409. The molecule has 1 heterocycles. The molecule has 1 amide bonds. The van der Waals surface area contributed by atoms with Gasteiger partial charge < -0.3 is 29.7 Å². The van der Waals surface area contributed by atoms with Crippen molar-refractivity contribution >= 4 is 5.91 Å². The summed E-state index contributed by atoms with van der Waals surface area (Å²) in [6, 6.07) is 18.3. The van der Waals surface area contributed by atoms with Crippen LogP contribution in [0.25, 0.3) is 0 Å². The normalized spacial score (nSPS) is 26.8. The molecular weight excluding hydrogens is 374 g/mol. The molecule has 0 unspecified atom stereocenters. The molecule has 0 spiro atoms. The van der Waals surface area contributed by atoms with Gasteiger partial charge in [-0.05, 0) is 11.1 Å². The van der Waals surface area contributed by atoms with Gasteiger partial charge in [0.2, 0.25) is 5.91 Å². The first-order valence-corrected chi connectivity index (χ1v) is 9.61. The van der Waals surface area contributed by atoms with Crippen molar-refractivity contribution in [1.82, 2.24) is 5.32 Å². The van der Waals surface area contributed by atoms with Crippen LogP contribution in [0.3, 0.4) is 0 Å². The highest BCUT2D eigenvalue weighted by Crippen LogP contribution is 2.26. The number of rotatable bonds is 8. The smallest absolute Gasteiger partial charge is 0.217 e. The van der Waals surface area contributed by atoms with E-state index < -0.39 is 37.3 Å². The van der Waals surface area contributed by atoms with Gasteiger partial charge >= 0.3 is 0 Å². The molecule has 0 aliphatic carbocycles. The van der Waals surface area contributed by atoms with Crippen molar-refractivity contribution in [2.75, 3.05) is 6.61 Å². The molecule has 3 N–H and O–H groups in total. The molecule has 0 saturated carbocycles. The highest BCUT2D eigenvalue weighted by Gasteiger charge is 2.46. The number of aliphatic hydroxyl groups excluding tert-OH is 2. The molecule has 2 aromatic carbocycles. The van der Waals surface area contributed by atoms with Crippen LogP contribution in [-0.4, -0.2) is 53.4 Å². The average Bonchev–Trinajstić information content (AvgIpc) is 2.74. The number of nitrogens with one attached hydrogen (secondary N) is 1. The molecule has 7 nitrogen and oxygen atoms in total. The molecule has 0 aromatic heterocycles. The van der Waals surface area contributed by atoms with E-state index in [2.05, 4.69) is 5.32 Å². The van der Waals surface area contributed by atoms with Crippen LogP contribution in [0, 0.1) is 0 Å². The Morgan fingerprint density at radius 2 is 1.55 bits per heavy atom. The van der Waals surface area contributed by atoms with Gasteiger partial charge in [0.05, 0.1) is 19.8 Å². The molecular formula is C22H27NO6. The average molecular weight is 401 g/mol. The van der Waals surface area contributed by atoms with Crippen molar-refractivity contribution < 1.29 is 29.2 Å². The van der Waals surface area contributed by atoms with Crippen molar-refractivity contribution in [3.63, 3.8) is 0 Å². The summed E-state index contributed by atoms with van der Waals surface area (Å²) in [4.78, 5) is 11.8. The topological polar surface area (TPSA) is 97.3 Å². The quantitative estimate of drug-likeness (QED) is 0.618. The second kappa shape index (κ2) is 10.5. The van der Waals surface area contributed by atoms with E-state index in [0.29, 0.717) is 0 Å². The van der Waals surface area contributed by atoms with Crippen LogP contribution < -0.4 is 5.32 Å². The summed E-state index contributed by atoms with van der Waals surface area (Å²) in [5.74, 6) is -0.296. The molecule has 2 aromatic rings. The SMILES string of the molecule is CC(=O)N[C@@H]1[C@H](OCc2ccccc2)O[C@@H](CO)[C@@H](O)[C@@H]1OCc1ccccc1. The van der Waals surface area contributed by atoms with Gasteiger partial charge in [0, 0.05) is 6.92 Å². The number of hydrogen-bond acceptors (Lipinski definition) is 6. The molecule has 7 heteroatoms. The monoisotopic (exact) mass is 401 g/mol. The van der Waals surface area contributed by atoms with Crippen LogP contribution in [0.4, 0.5) is 0 Å². The lowest BCUT2D eigenvalue weighted by molar-refractivity contribution is -0.281. The van der Waals surface area contributed by atoms with Crippen LogP contribution in [0.2, 0.25) is 0 Å². The standard InChI is InChI=1S/C22H27NO6/c1-15(25)23-19-21(27-13-16-8-4-2-5-9-16)20(26)18(12-24)29-22(19)28-14-17-10-6-3-7-11-17/h2-11,18-22,24,26H,12-14H2,1H3,(H,23,25)/t18-,19-,20+,21+,22+/m0/s1. The van der Waals surface area contributed by atoms with Gasteiger partial charge in [-0.2, -0.15) is 0 Å². The molecule has 1 fully saturated rings. The largest absolute Gasteiger partial charge is 0.394 e. The second-order valence-electron chi connectivity index (χ2n) is 7.00. The number of carbonyl (C=O) groups is 1. The van der Waals surface area contributed by atoms with Gasteiger partial charge in [0.25, 0.3) is 0 Å². The Bertz CT molecular complexity index is 756. The molecule has 0 radical (unpaired) electrons. The van der Waals surface area contributed by atoms with E-state index in [-0.39, 0.29) is 19.1 Å². The fourth-order valence-corrected chi connectivity index (χ4v) is 3.32. The van der Waals surface area contributed by atoms with Crippen molar-refractivity contribution in [2.45, 2.75) is 50.8 Å². The number of carbonyl (C=O) groups excluding carboxylic acids is 1. The lowest BCUT2D eigenvalue weighted by Gasteiger charge is -2.44. The first-order chi connectivity index (χ1) is 14.1. The third kappa shape index (κ3) is 5.85. The van der Waals surface area contributed by atoms with E-state index in [1.54, 1.807) is 0 Å². The molecule has 29 heavy (non-hydrogen) atoms. The Balaban J connectivity index is 1.76. The Morgan fingerprint density at radius 3 is 2.07 bits per heavy atom. The van der Waals surface area contributed by atoms with Gasteiger partial charge in [-0.3, -0.25) is 4.79 Å². The van der Waals surface area contributed by atoms with Gasteiger partial charge in [-0.1, -0.05) is 60.7 Å². The molecule has 0 bridgehead atoms. The molecule has 3 rings (SSSR count). The van der Waals surface area contributed by atoms with Gasteiger partial charge in [-0.15, -0.1) is 0 Å². The van der Waals surface area contributed by atoms with Crippen LogP contribution in [0.1, 0.15) is 18.1 Å². The number of aliphatic hydroxyl groups is 2. The maximum atomic E-state index is 11.8. The van der Waals surface area contributed by atoms with Crippen molar-refractivity contribution in [3.05, 3.63) is 71.8 Å².